The van der Waals surface area contributed by atoms with Gasteiger partial charge in [-0.2, -0.15) is 0 Å². The third-order valence-electron chi connectivity index (χ3n) is 3.92. The Bertz CT molecular complexity index is 867. The summed E-state index contributed by atoms with van der Waals surface area (Å²) in [4.78, 5) is 22.0. The smallest absolute Gasteiger partial charge is 0.278 e. The predicted octanol–water partition coefficient (Wildman–Crippen LogP) is 3.56. The van der Waals surface area contributed by atoms with Gasteiger partial charge < -0.3 is 10.1 Å². The average Bonchev–Trinajstić information content (AvgIpc) is 2.73. The highest BCUT2D eigenvalue weighted by atomic mass is 16.6. The molecule has 0 unspecified atom stereocenters. The second kappa shape index (κ2) is 9.35. The maximum atomic E-state index is 12.4. The SMILES string of the molecule is COc1ccc(CNc2ncccc2C(=O)NOCc2ccccc2)cc1. The Morgan fingerprint density at radius 3 is 2.48 bits per heavy atom. The van der Waals surface area contributed by atoms with Crippen molar-refractivity contribution < 1.29 is 14.4 Å². The molecule has 1 amide bonds. The van der Waals surface area contributed by atoms with E-state index in [0.717, 1.165) is 16.9 Å². The molecule has 0 radical (unpaired) electrons. The van der Waals surface area contributed by atoms with E-state index in [9.17, 15) is 4.79 Å². The van der Waals surface area contributed by atoms with Crippen LogP contribution >= 0.6 is 0 Å². The minimum atomic E-state index is -0.351. The standard InChI is InChI=1S/C21H21N3O3/c1-26-18-11-9-16(10-12-18)14-23-20-19(8-5-13-22-20)21(25)24-27-15-17-6-3-2-4-7-17/h2-13H,14-15H2,1H3,(H,22,23)(H,24,25). The van der Waals surface area contributed by atoms with Crippen LogP contribution in [0.1, 0.15) is 21.5 Å². The second-order valence-electron chi connectivity index (χ2n) is 5.81. The van der Waals surface area contributed by atoms with Crippen LogP contribution in [0.15, 0.2) is 72.9 Å². The molecule has 2 aromatic carbocycles. The summed E-state index contributed by atoms with van der Waals surface area (Å²) in [6.45, 7) is 0.827. The lowest BCUT2D eigenvalue weighted by molar-refractivity contribution is 0.0234. The van der Waals surface area contributed by atoms with Gasteiger partial charge in [0.25, 0.3) is 5.91 Å². The Kier molecular flexibility index (Phi) is 6.38. The number of carbonyl (C=O) groups is 1. The Labute approximate surface area is 158 Å². The average molecular weight is 363 g/mol. The molecular weight excluding hydrogens is 342 g/mol. The normalized spacial score (nSPS) is 10.3. The lowest BCUT2D eigenvalue weighted by Gasteiger charge is -2.11. The van der Waals surface area contributed by atoms with Gasteiger partial charge in [0.2, 0.25) is 0 Å². The molecule has 0 bridgehead atoms. The number of rotatable bonds is 8. The largest absolute Gasteiger partial charge is 0.497 e. The van der Waals surface area contributed by atoms with Crippen molar-refractivity contribution in [2.45, 2.75) is 13.2 Å². The molecule has 3 aromatic rings. The monoisotopic (exact) mass is 363 g/mol. The molecule has 1 heterocycles. The van der Waals surface area contributed by atoms with E-state index in [1.165, 1.54) is 0 Å². The molecule has 0 fully saturated rings. The zero-order valence-electron chi connectivity index (χ0n) is 15.0. The summed E-state index contributed by atoms with van der Waals surface area (Å²) in [7, 11) is 1.63. The highest BCUT2D eigenvalue weighted by Gasteiger charge is 2.12. The summed E-state index contributed by atoms with van der Waals surface area (Å²) >= 11 is 0. The molecule has 3 rings (SSSR count). The molecule has 6 heteroatoms. The summed E-state index contributed by atoms with van der Waals surface area (Å²) in [6, 6.07) is 20.7. The van der Waals surface area contributed by atoms with E-state index in [0.29, 0.717) is 24.5 Å². The van der Waals surface area contributed by atoms with Crippen LogP contribution in [0, 0.1) is 0 Å². The van der Waals surface area contributed by atoms with Crippen LogP contribution in [0.2, 0.25) is 0 Å². The fraction of sp³-hybridized carbons (Fsp3) is 0.143. The van der Waals surface area contributed by atoms with E-state index >= 15 is 0 Å². The van der Waals surface area contributed by atoms with Gasteiger partial charge in [-0.1, -0.05) is 42.5 Å². The number of carbonyl (C=O) groups excluding carboxylic acids is 1. The first kappa shape index (κ1) is 18.4. The van der Waals surface area contributed by atoms with Gasteiger partial charge in [0.05, 0.1) is 19.3 Å². The zero-order chi connectivity index (χ0) is 18.9. The van der Waals surface area contributed by atoms with Crippen molar-refractivity contribution >= 4 is 11.7 Å². The molecule has 138 valence electrons. The van der Waals surface area contributed by atoms with Crippen LogP contribution < -0.4 is 15.5 Å². The van der Waals surface area contributed by atoms with Crippen molar-refractivity contribution in [1.29, 1.82) is 0 Å². The lowest BCUT2D eigenvalue weighted by atomic mass is 10.2. The molecule has 0 aliphatic heterocycles. The highest BCUT2D eigenvalue weighted by Crippen LogP contribution is 2.15. The number of benzene rings is 2. The van der Waals surface area contributed by atoms with Gasteiger partial charge in [0, 0.05) is 12.7 Å². The first-order valence-electron chi connectivity index (χ1n) is 8.54. The molecule has 0 saturated carbocycles. The van der Waals surface area contributed by atoms with E-state index < -0.39 is 0 Å². The Morgan fingerprint density at radius 1 is 0.963 bits per heavy atom. The van der Waals surface area contributed by atoms with Gasteiger partial charge in [0.1, 0.15) is 11.6 Å². The number of anilines is 1. The number of nitrogens with zero attached hydrogens (tertiary/aromatic N) is 1. The third-order valence-corrected chi connectivity index (χ3v) is 3.92. The minimum absolute atomic E-state index is 0.293. The number of methoxy groups -OCH3 is 1. The van der Waals surface area contributed by atoms with E-state index in [1.807, 2.05) is 54.6 Å². The molecule has 0 spiro atoms. The number of aromatic nitrogens is 1. The topological polar surface area (TPSA) is 72.5 Å². The molecule has 1 aromatic heterocycles. The first-order valence-corrected chi connectivity index (χ1v) is 8.54. The molecular formula is C21H21N3O3. The third kappa shape index (κ3) is 5.29. The fourth-order valence-electron chi connectivity index (χ4n) is 2.47. The van der Waals surface area contributed by atoms with Gasteiger partial charge in [0.15, 0.2) is 0 Å². The van der Waals surface area contributed by atoms with Crippen molar-refractivity contribution in [1.82, 2.24) is 10.5 Å². The summed E-state index contributed by atoms with van der Waals surface area (Å²) < 4.78 is 5.15. The summed E-state index contributed by atoms with van der Waals surface area (Å²) in [5.74, 6) is 0.942. The number of pyridine rings is 1. The summed E-state index contributed by atoms with van der Waals surface area (Å²) in [5.41, 5.74) is 4.90. The second-order valence-corrected chi connectivity index (χ2v) is 5.81. The number of amides is 1. The molecule has 6 nitrogen and oxygen atoms in total. The summed E-state index contributed by atoms with van der Waals surface area (Å²) in [5, 5.41) is 3.19. The maximum Gasteiger partial charge on any atom is 0.278 e. The van der Waals surface area contributed by atoms with E-state index in [4.69, 9.17) is 9.57 Å². The molecule has 0 aliphatic carbocycles. The molecule has 0 saturated heterocycles. The molecule has 0 aliphatic rings. The number of nitrogens with one attached hydrogen (secondary N) is 2. The molecule has 0 atom stereocenters. The van der Waals surface area contributed by atoms with E-state index in [1.54, 1.807) is 25.4 Å². The zero-order valence-corrected chi connectivity index (χ0v) is 15.0. The molecule has 2 N–H and O–H groups in total. The number of ether oxygens (including phenoxy) is 1. The van der Waals surface area contributed by atoms with Crippen LogP contribution in [0.5, 0.6) is 5.75 Å². The Morgan fingerprint density at radius 2 is 1.74 bits per heavy atom. The van der Waals surface area contributed by atoms with Crippen molar-refractivity contribution in [2.24, 2.45) is 0 Å². The van der Waals surface area contributed by atoms with Gasteiger partial charge in [-0.15, -0.1) is 0 Å². The fourth-order valence-corrected chi connectivity index (χ4v) is 2.47. The van der Waals surface area contributed by atoms with Crippen molar-refractivity contribution in [3.05, 3.63) is 89.6 Å². The molecule has 27 heavy (non-hydrogen) atoms. The number of hydrogen-bond donors (Lipinski definition) is 2. The van der Waals surface area contributed by atoms with Gasteiger partial charge in [-0.05, 0) is 35.4 Å². The van der Waals surface area contributed by atoms with Crippen LogP contribution in [-0.2, 0) is 18.0 Å². The van der Waals surface area contributed by atoms with Gasteiger partial charge in [-0.3, -0.25) is 9.63 Å². The number of hydrogen-bond acceptors (Lipinski definition) is 5. The summed E-state index contributed by atoms with van der Waals surface area (Å²) in [6.07, 6.45) is 1.64. The van der Waals surface area contributed by atoms with E-state index in [-0.39, 0.29) is 5.91 Å². The highest BCUT2D eigenvalue weighted by molar-refractivity contribution is 5.98. The maximum absolute atomic E-state index is 12.4. The van der Waals surface area contributed by atoms with Crippen molar-refractivity contribution in [3.8, 4) is 5.75 Å². The Hall–Kier alpha value is -3.38. The van der Waals surface area contributed by atoms with Gasteiger partial charge >= 0.3 is 0 Å². The predicted molar refractivity (Wildman–Crippen MR) is 103 cm³/mol. The lowest BCUT2D eigenvalue weighted by Crippen LogP contribution is -2.25. The minimum Gasteiger partial charge on any atom is -0.497 e. The van der Waals surface area contributed by atoms with E-state index in [2.05, 4.69) is 15.8 Å². The van der Waals surface area contributed by atoms with Crippen LogP contribution in [-0.4, -0.2) is 18.0 Å². The van der Waals surface area contributed by atoms with Crippen molar-refractivity contribution in [2.75, 3.05) is 12.4 Å². The van der Waals surface area contributed by atoms with Gasteiger partial charge in [-0.25, -0.2) is 10.5 Å². The Balaban J connectivity index is 1.58. The van der Waals surface area contributed by atoms with Crippen LogP contribution in [0.3, 0.4) is 0 Å². The van der Waals surface area contributed by atoms with Crippen LogP contribution in [0.25, 0.3) is 0 Å². The quantitative estimate of drug-likeness (QED) is 0.599. The number of hydroxylamine groups is 1. The first-order chi connectivity index (χ1) is 13.3. The van der Waals surface area contributed by atoms with Crippen LogP contribution in [0.4, 0.5) is 5.82 Å². The van der Waals surface area contributed by atoms with Crippen molar-refractivity contribution in [3.63, 3.8) is 0 Å².